The van der Waals surface area contributed by atoms with Crippen molar-refractivity contribution in [2.75, 3.05) is 19.7 Å². The van der Waals surface area contributed by atoms with E-state index in [0.717, 1.165) is 5.56 Å². The van der Waals surface area contributed by atoms with E-state index in [0.29, 0.717) is 37.7 Å². The maximum Gasteiger partial charge on any atom is 0.224 e. The number of rotatable bonds is 4. The van der Waals surface area contributed by atoms with Crippen molar-refractivity contribution in [3.8, 4) is 0 Å². The van der Waals surface area contributed by atoms with Crippen LogP contribution in [0.2, 0.25) is 5.02 Å². The molecule has 1 unspecified atom stereocenters. The number of halogens is 1. The van der Waals surface area contributed by atoms with Crippen LogP contribution in [0.5, 0.6) is 0 Å². The molecule has 2 heterocycles. The van der Waals surface area contributed by atoms with Crippen LogP contribution in [0, 0.1) is 0 Å². The van der Waals surface area contributed by atoms with E-state index in [9.17, 15) is 4.79 Å². The molecule has 1 fully saturated rings. The first kappa shape index (κ1) is 14.9. The highest BCUT2D eigenvalue weighted by Crippen LogP contribution is 2.24. The third-order valence-electron chi connectivity index (χ3n) is 3.61. The van der Waals surface area contributed by atoms with Crippen LogP contribution in [0.4, 0.5) is 0 Å². The van der Waals surface area contributed by atoms with E-state index in [2.05, 4.69) is 15.5 Å². The number of benzene rings is 1. The number of carbonyl (C=O) groups is 1. The molecule has 2 aromatic rings. The zero-order chi connectivity index (χ0) is 15.4. The minimum atomic E-state index is -0.108. The quantitative estimate of drug-likeness (QED) is 0.849. The smallest absolute Gasteiger partial charge is 0.224 e. The summed E-state index contributed by atoms with van der Waals surface area (Å²) in [7, 11) is 0. The molecule has 1 saturated heterocycles. The lowest BCUT2D eigenvalue weighted by Crippen LogP contribution is -2.42. The summed E-state index contributed by atoms with van der Waals surface area (Å²) in [4.78, 5) is 14.1. The molecule has 0 radical (unpaired) electrons. The highest BCUT2D eigenvalue weighted by molar-refractivity contribution is 6.30. The van der Waals surface area contributed by atoms with Crippen molar-refractivity contribution in [2.45, 2.75) is 19.1 Å². The fourth-order valence-electron chi connectivity index (χ4n) is 2.41. The lowest BCUT2D eigenvalue weighted by Gasteiger charge is -2.33. The Balaban J connectivity index is 1.57. The maximum absolute atomic E-state index is 12.3. The molecule has 1 aromatic carbocycles. The summed E-state index contributed by atoms with van der Waals surface area (Å²) in [5.41, 5.74) is 1.03. The molecule has 0 saturated carbocycles. The standard InChI is InChI=1S/C14H16ClN5O2/c15-12-3-1-11(2-4-12)13-9-19(7-8-22-13)14(21)5-6-20-10-16-17-18-20/h1-4,10,13H,5-9H2. The maximum atomic E-state index is 12.3. The van der Waals surface area contributed by atoms with Gasteiger partial charge < -0.3 is 9.64 Å². The number of morpholine rings is 1. The highest BCUT2D eigenvalue weighted by Gasteiger charge is 2.25. The molecule has 1 atom stereocenters. The molecule has 1 amide bonds. The lowest BCUT2D eigenvalue weighted by molar-refractivity contribution is -0.139. The lowest BCUT2D eigenvalue weighted by atomic mass is 10.1. The molecule has 0 aliphatic carbocycles. The van der Waals surface area contributed by atoms with Gasteiger partial charge in [-0.1, -0.05) is 23.7 Å². The molecule has 3 rings (SSSR count). The Morgan fingerprint density at radius 1 is 1.36 bits per heavy atom. The summed E-state index contributed by atoms with van der Waals surface area (Å²) in [6.45, 7) is 2.17. The monoisotopic (exact) mass is 321 g/mol. The van der Waals surface area contributed by atoms with Crippen LogP contribution in [0.25, 0.3) is 0 Å². The second kappa shape index (κ2) is 6.85. The van der Waals surface area contributed by atoms with Crippen molar-refractivity contribution in [3.05, 3.63) is 41.2 Å². The molecule has 1 aliphatic rings. The first-order valence-electron chi connectivity index (χ1n) is 7.08. The van der Waals surface area contributed by atoms with E-state index >= 15 is 0 Å². The summed E-state index contributed by atoms with van der Waals surface area (Å²) >= 11 is 5.90. The van der Waals surface area contributed by atoms with Crippen LogP contribution >= 0.6 is 11.6 Å². The van der Waals surface area contributed by atoms with Crippen LogP contribution in [-0.4, -0.2) is 50.7 Å². The Bertz CT molecular complexity index is 617. The van der Waals surface area contributed by atoms with Crippen molar-refractivity contribution in [1.29, 1.82) is 0 Å². The van der Waals surface area contributed by atoms with E-state index in [1.54, 1.807) is 4.68 Å². The van der Waals surface area contributed by atoms with Gasteiger partial charge in [0.1, 0.15) is 12.4 Å². The number of hydrogen-bond donors (Lipinski definition) is 0. The van der Waals surface area contributed by atoms with Crippen molar-refractivity contribution in [3.63, 3.8) is 0 Å². The SMILES string of the molecule is O=C(CCn1cnnn1)N1CCOC(c2ccc(Cl)cc2)C1. The van der Waals surface area contributed by atoms with Gasteiger partial charge in [0.2, 0.25) is 5.91 Å². The zero-order valence-electron chi connectivity index (χ0n) is 11.9. The Hall–Kier alpha value is -1.99. The summed E-state index contributed by atoms with van der Waals surface area (Å²) < 4.78 is 7.31. The predicted molar refractivity (Wildman–Crippen MR) is 79.2 cm³/mol. The molecule has 0 N–H and O–H groups in total. The Morgan fingerprint density at radius 3 is 2.91 bits per heavy atom. The van der Waals surface area contributed by atoms with Gasteiger partial charge in [0, 0.05) is 18.0 Å². The number of aryl methyl sites for hydroxylation is 1. The number of carbonyl (C=O) groups excluding carboxylic acids is 1. The molecular formula is C14H16ClN5O2. The Labute approximate surface area is 132 Å². The topological polar surface area (TPSA) is 73.1 Å². The van der Waals surface area contributed by atoms with Gasteiger partial charge in [0.25, 0.3) is 0 Å². The van der Waals surface area contributed by atoms with E-state index < -0.39 is 0 Å². The molecule has 116 valence electrons. The number of ether oxygens (including phenoxy) is 1. The van der Waals surface area contributed by atoms with E-state index in [4.69, 9.17) is 16.3 Å². The molecule has 1 aliphatic heterocycles. The van der Waals surface area contributed by atoms with E-state index in [1.165, 1.54) is 6.33 Å². The number of hydrogen-bond acceptors (Lipinski definition) is 5. The summed E-state index contributed by atoms with van der Waals surface area (Å²) in [5.74, 6) is 0.0813. The zero-order valence-corrected chi connectivity index (χ0v) is 12.7. The van der Waals surface area contributed by atoms with Gasteiger partial charge in [-0.25, -0.2) is 4.68 Å². The van der Waals surface area contributed by atoms with Gasteiger partial charge >= 0.3 is 0 Å². The Kier molecular flexibility index (Phi) is 4.65. The number of tetrazole rings is 1. The second-order valence-electron chi connectivity index (χ2n) is 5.07. The molecule has 22 heavy (non-hydrogen) atoms. The van der Waals surface area contributed by atoms with Crippen LogP contribution in [0.1, 0.15) is 18.1 Å². The molecule has 1 aromatic heterocycles. The molecule has 8 heteroatoms. The average molecular weight is 322 g/mol. The minimum Gasteiger partial charge on any atom is -0.370 e. The molecule has 0 spiro atoms. The van der Waals surface area contributed by atoms with Crippen molar-refractivity contribution in [1.82, 2.24) is 25.1 Å². The average Bonchev–Trinajstić information content (AvgIpc) is 3.07. The van der Waals surface area contributed by atoms with E-state index in [1.807, 2.05) is 29.2 Å². The van der Waals surface area contributed by atoms with Crippen LogP contribution in [0.15, 0.2) is 30.6 Å². The number of amides is 1. The predicted octanol–water partition coefficient (Wildman–Crippen LogP) is 1.32. The van der Waals surface area contributed by atoms with E-state index in [-0.39, 0.29) is 12.0 Å². The molecular weight excluding hydrogens is 306 g/mol. The third kappa shape index (κ3) is 3.61. The normalized spacial score (nSPS) is 18.4. The fraction of sp³-hybridized carbons (Fsp3) is 0.429. The van der Waals surface area contributed by atoms with Gasteiger partial charge in [0.05, 0.1) is 19.7 Å². The summed E-state index contributed by atoms with van der Waals surface area (Å²) in [5, 5.41) is 11.5. The van der Waals surface area contributed by atoms with Crippen LogP contribution in [-0.2, 0) is 16.1 Å². The molecule has 0 bridgehead atoms. The van der Waals surface area contributed by atoms with Gasteiger partial charge in [-0.2, -0.15) is 0 Å². The van der Waals surface area contributed by atoms with Crippen LogP contribution in [0.3, 0.4) is 0 Å². The molecule has 7 nitrogen and oxygen atoms in total. The highest BCUT2D eigenvalue weighted by atomic mass is 35.5. The summed E-state index contributed by atoms with van der Waals surface area (Å²) in [6, 6.07) is 7.53. The first-order chi connectivity index (χ1) is 10.7. The van der Waals surface area contributed by atoms with Crippen molar-refractivity contribution < 1.29 is 9.53 Å². The number of aromatic nitrogens is 4. The van der Waals surface area contributed by atoms with Gasteiger partial charge in [-0.3, -0.25) is 4.79 Å². The first-order valence-corrected chi connectivity index (χ1v) is 7.46. The Morgan fingerprint density at radius 2 is 2.18 bits per heavy atom. The van der Waals surface area contributed by atoms with Crippen molar-refractivity contribution >= 4 is 17.5 Å². The van der Waals surface area contributed by atoms with Gasteiger partial charge in [-0.15, -0.1) is 5.10 Å². The second-order valence-corrected chi connectivity index (χ2v) is 5.51. The van der Waals surface area contributed by atoms with Gasteiger partial charge in [-0.05, 0) is 28.1 Å². The fourth-order valence-corrected chi connectivity index (χ4v) is 2.53. The number of nitrogens with zero attached hydrogens (tertiary/aromatic N) is 5. The van der Waals surface area contributed by atoms with Gasteiger partial charge in [0.15, 0.2) is 0 Å². The van der Waals surface area contributed by atoms with Crippen molar-refractivity contribution in [2.24, 2.45) is 0 Å². The largest absolute Gasteiger partial charge is 0.370 e. The minimum absolute atomic E-state index is 0.0813. The third-order valence-corrected chi connectivity index (χ3v) is 3.86. The van der Waals surface area contributed by atoms with Crippen LogP contribution < -0.4 is 0 Å². The summed E-state index contributed by atoms with van der Waals surface area (Å²) in [6.07, 6.45) is 1.77.